The lowest BCUT2D eigenvalue weighted by molar-refractivity contribution is 0.486. The molecule has 1 fully saturated rings. The van der Waals surface area contributed by atoms with Gasteiger partial charge in [-0.2, -0.15) is 9.36 Å². The molecule has 19 heavy (non-hydrogen) atoms. The quantitative estimate of drug-likeness (QED) is 0.876. The largest absolute Gasteiger partial charge is 0.367 e. The van der Waals surface area contributed by atoms with E-state index >= 15 is 0 Å². The minimum atomic E-state index is 0.328. The Labute approximate surface area is 115 Å². The van der Waals surface area contributed by atoms with Crippen molar-refractivity contribution in [2.75, 3.05) is 23.7 Å². The molecule has 0 unspecified atom stereocenters. The molecular formula is C11H17N7S. The normalized spacial score (nSPS) is 17.0. The van der Waals surface area contributed by atoms with E-state index in [0.29, 0.717) is 11.9 Å². The Morgan fingerprint density at radius 1 is 1.37 bits per heavy atom. The molecule has 0 radical (unpaired) electrons. The molecule has 0 saturated carbocycles. The number of nitrogens with two attached hydrogens (primary N) is 1. The lowest BCUT2D eigenvalue weighted by Crippen LogP contribution is -2.33. The summed E-state index contributed by atoms with van der Waals surface area (Å²) >= 11 is 1.49. The number of anilines is 2. The number of H-pyrrole nitrogens is 1. The van der Waals surface area contributed by atoms with Gasteiger partial charge in [0.1, 0.15) is 11.6 Å². The lowest BCUT2D eigenvalue weighted by Gasteiger charge is -2.30. The third kappa shape index (κ3) is 2.53. The first-order valence-electron chi connectivity index (χ1n) is 6.51. The fourth-order valence-electron chi connectivity index (χ4n) is 2.33. The van der Waals surface area contributed by atoms with Crippen molar-refractivity contribution in [1.82, 2.24) is 24.5 Å². The number of aromatic nitrogens is 5. The minimum Gasteiger partial charge on any atom is -0.367 e. The maximum Gasteiger partial charge on any atom is 0.239 e. The Bertz CT molecular complexity index is 541. The molecular weight excluding hydrogens is 262 g/mol. The third-order valence-electron chi connectivity index (χ3n) is 3.45. The van der Waals surface area contributed by atoms with Crippen molar-refractivity contribution in [2.45, 2.75) is 32.1 Å². The van der Waals surface area contributed by atoms with Crippen molar-refractivity contribution in [3.05, 3.63) is 11.6 Å². The van der Waals surface area contributed by atoms with E-state index < -0.39 is 0 Å². The summed E-state index contributed by atoms with van der Waals surface area (Å²) in [6, 6.07) is 0. The third-order valence-corrected chi connectivity index (χ3v) is 4.26. The van der Waals surface area contributed by atoms with Crippen LogP contribution in [0.5, 0.6) is 0 Å². The van der Waals surface area contributed by atoms with Gasteiger partial charge in [-0.1, -0.05) is 6.92 Å². The Balaban J connectivity index is 1.63. The predicted molar refractivity (Wildman–Crippen MR) is 74.3 cm³/mol. The standard InChI is InChI=1S/C11H17N7S/c1-2-8-13-11(19-17-8)18-5-3-7(4-6-18)9-14-10(12)16-15-9/h7H,2-6H2,1H3,(H3,12,14,15,16). The van der Waals surface area contributed by atoms with Gasteiger partial charge in [0.25, 0.3) is 0 Å². The molecule has 0 bridgehead atoms. The van der Waals surface area contributed by atoms with Crippen LogP contribution in [0.15, 0.2) is 0 Å². The van der Waals surface area contributed by atoms with Crippen LogP contribution < -0.4 is 10.6 Å². The van der Waals surface area contributed by atoms with E-state index in [1.165, 1.54) is 11.5 Å². The summed E-state index contributed by atoms with van der Waals surface area (Å²) in [7, 11) is 0. The number of aromatic amines is 1. The molecule has 0 aromatic carbocycles. The van der Waals surface area contributed by atoms with E-state index in [-0.39, 0.29) is 0 Å². The second-order valence-corrected chi connectivity index (χ2v) is 5.42. The molecule has 2 aromatic heterocycles. The summed E-state index contributed by atoms with van der Waals surface area (Å²) in [6.07, 6.45) is 2.97. The van der Waals surface area contributed by atoms with Crippen molar-refractivity contribution in [3.8, 4) is 0 Å². The number of aryl methyl sites for hydroxylation is 1. The van der Waals surface area contributed by atoms with Crippen molar-refractivity contribution < 1.29 is 0 Å². The van der Waals surface area contributed by atoms with Crippen molar-refractivity contribution in [2.24, 2.45) is 0 Å². The summed E-state index contributed by atoms with van der Waals surface area (Å²) < 4.78 is 4.33. The van der Waals surface area contributed by atoms with Gasteiger partial charge in [0, 0.05) is 37.0 Å². The van der Waals surface area contributed by atoms with Gasteiger partial charge >= 0.3 is 0 Å². The summed E-state index contributed by atoms with van der Waals surface area (Å²) in [5.74, 6) is 2.59. The fraction of sp³-hybridized carbons (Fsp3) is 0.636. The van der Waals surface area contributed by atoms with E-state index in [4.69, 9.17) is 5.73 Å². The van der Waals surface area contributed by atoms with Crippen LogP contribution in [-0.2, 0) is 6.42 Å². The van der Waals surface area contributed by atoms with Gasteiger partial charge in [-0.05, 0) is 12.8 Å². The molecule has 0 spiro atoms. The smallest absolute Gasteiger partial charge is 0.239 e. The van der Waals surface area contributed by atoms with Gasteiger partial charge in [0.2, 0.25) is 11.1 Å². The van der Waals surface area contributed by atoms with Crippen LogP contribution in [0.3, 0.4) is 0 Å². The fourth-order valence-corrected chi connectivity index (χ4v) is 3.13. The molecule has 3 rings (SSSR count). The molecule has 1 saturated heterocycles. The van der Waals surface area contributed by atoms with Crippen LogP contribution >= 0.6 is 11.5 Å². The Hall–Kier alpha value is -1.70. The van der Waals surface area contributed by atoms with Gasteiger partial charge < -0.3 is 10.6 Å². The van der Waals surface area contributed by atoms with E-state index in [2.05, 4.69) is 36.4 Å². The van der Waals surface area contributed by atoms with Gasteiger partial charge in [0.05, 0.1) is 0 Å². The number of nitrogens with one attached hydrogen (secondary N) is 1. The van der Waals surface area contributed by atoms with Crippen molar-refractivity contribution in [3.63, 3.8) is 0 Å². The second-order valence-electron chi connectivity index (χ2n) is 4.69. The zero-order chi connectivity index (χ0) is 13.2. The van der Waals surface area contributed by atoms with Gasteiger partial charge in [0.15, 0.2) is 0 Å². The Morgan fingerprint density at radius 3 is 2.74 bits per heavy atom. The molecule has 2 aromatic rings. The first-order valence-corrected chi connectivity index (χ1v) is 7.29. The van der Waals surface area contributed by atoms with Crippen LogP contribution in [0.25, 0.3) is 0 Å². The average molecular weight is 279 g/mol. The average Bonchev–Trinajstić information content (AvgIpc) is 3.07. The second kappa shape index (κ2) is 5.12. The van der Waals surface area contributed by atoms with Crippen LogP contribution in [0.1, 0.15) is 37.3 Å². The molecule has 1 aliphatic heterocycles. The number of hydrogen-bond acceptors (Lipinski definition) is 7. The number of hydrogen-bond donors (Lipinski definition) is 2. The van der Waals surface area contributed by atoms with E-state index in [1.807, 2.05) is 0 Å². The molecule has 1 aliphatic rings. The highest BCUT2D eigenvalue weighted by Gasteiger charge is 2.24. The highest BCUT2D eigenvalue weighted by atomic mass is 32.1. The summed E-state index contributed by atoms with van der Waals surface area (Å²) in [6.45, 7) is 4.03. The number of rotatable bonds is 3. The molecule has 102 valence electrons. The Morgan fingerprint density at radius 2 is 2.16 bits per heavy atom. The van der Waals surface area contributed by atoms with Gasteiger partial charge in [-0.3, -0.25) is 5.10 Å². The van der Waals surface area contributed by atoms with Gasteiger partial charge in [-0.15, -0.1) is 5.10 Å². The molecule has 7 nitrogen and oxygen atoms in total. The molecule has 3 N–H and O–H groups in total. The molecule has 8 heteroatoms. The van der Waals surface area contributed by atoms with Crippen molar-refractivity contribution in [1.29, 1.82) is 0 Å². The molecule has 0 aliphatic carbocycles. The molecule has 0 atom stereocenters. The minimum absolute atomic E-state index is 0.328. The van der Waals surface area contributed by atoms with Crippen molar-refractivity contribution >= 4 is 22.6 Å². The van der Waals surface area contributed by atoms with Crippen LogP contribution in [0.4, 0.5) is 11.1 Å². The highest BCUT2D eigenvalue weighted by Crippen LogP contribution is 2.29. The van der Waals surface area contributed by atoms with Gasteiger partial charge in [-0.25, -0.2) is 4.98 Å². The molecule has 3 heterocycles. The van der Waals surface area contributed by atoms with Crippen LogP contribution in [0.2, 0.25) is 0 Å². The topological polar surface area (TPSA) is 96.6 Å². The zero-order valence-electron chi connectivity index (χ0n) is 10.8. The SMILES string of the molecule is CCc1nsc(N2CCC(c3nc(N)n[nH]3)CC2)n1. The Kier molecular flexibility index (Phi) is 3.33. The number of nitrogen functional groups attached to an aromatic ring is 1. The van der Waals surface area contributed by atoms with Crippen LogP contribution in [-0.4, -0.2) is 37.6 Å². The maximum absolute atomic E-state index is 5.54. The monoisotopic (exact) mass is 279 g/mol. The van der Waals surface area contributed by atoms with Crippen LogP contribution in [0, 0.1) is 0 Å². The number of nitrogens with zero attached hydrogens (tertiary/aromatic N) is 5. The summed E-state index contributed by atoms with van der Waals surface area (Å²) in [4.78, 5) is 11.0. The first-order chi connectivity index (χ1) is 9.26. The van der Waals surface area contributed by atoms with E-state index in [9.17, 15) is 0 Å². The molecule has 0 amide bonds. The lowest BCUT2D eigenvalue weighted by atomic mass is 9.96. The maximum atomic E-state index is 5.54. The summed E-state index contributed by atoms with van der Waals surface area (Å²) in [5.41, 5.74) is 5.54. The summed E-state index contributed by atoms with van der Waals surface area (Å²) in [5, 5.41) is 7.84. The first kappa shape index (κ1) is 12.3. The van der Waals surface area contributed by atoms with E-state index in [1.54, 1.807) is 0 Å². The zero-order valence-corrected chi connectivity index (χ0v) is 11.7. The number of piperidine rings is 1. The van der Waals surface area contributed by atoms with E-state index in [0.717, 1.165) is 49.1 Å². The highest BCUT2D eigenvalue weighted by molar-refractivity contribution is 7.09. The predicted octanol–water partition coefficient (Wildman–Crippen LogP) is 1.18.